The van der Waals surface area contributed by atoms with Crippen LogP contribution >= 0.6 is 0 Å². The molecule has 0 unspecified atom stereocenters. The van der Waals surface area contributed by atoms with E-state index in [4.69, 9.17) is 13.6 Å². The standard InChI is InChI=1S/C16H26O3Si/c1-5-15-11-8-9-12-16(15)17-13-10-14-20(4,18-6-2)19-7-3/h5,8-9,11-12H,1,6-7,10,13-14H2,2-4H3. The van der Waals surface area contributed by atoms with Crippen molar-refractivity contribution in [1.29, 1.82) is 0 Å². The van der Waals surface area contributed by atoms with Gasteiger partial charge in [0.15, 0.2) is 0 Å². The lowest BCUT2D eigenvalue weighted by Crippen LogP contribution is -2.38. The van der Waals surface area contributed by atoms with Crippen LogP contribution in [0.4, 0.5) is 0 Å². The molecule has 0 aliphatic carbocycles. The van der Waals surface area contributed by atoms with Gasteiger partial charge in [0.25, 0.3) is 0 Å². The average Bonchev–Trinajstić information content (AvgIpc) is 2.44. The SMILES string of the molecule is C=Cc1ccccc1OCCC[Si](C)(OCC)OCC. The second kappa shape index (κ2) is 8.95. The summed E-state index contributed by atoms with van der Waals surface area (Å²) in [7, 11) is -2.01. The van der Waals surface area contributed by atoms with Crippen molar-refractivity contribution in [3.63, 3.8) is 0 Å². The van der Waals surface area contributed by atoms with Crippen LogP contribution in [0.15, 0.2) is 30.8 Å². The van der Waals surface area contributed by atoms with Gasteiger partial charge in [-0.15, -0.1) is 0 Å². The van der Waals surface area contributed by atoms with Gasteiger partial charge in [-0.3, -0.25) is 0 Å². The van der Waals surface area contributed by atoms with E-state index >= 15 is 0 Å². The Morgan fingerprint density at radius 2 is 1.80 bits per heavy atom. The first kappa shape index (κ1) is 16.9. The summed E-state index contributed by atoms with van der Waals surface area (Å²) in [6, 6.07) is 8.88. The number of ether oxygens (including phenoxy) is 1. The number of hydrogen-bond donors (Lipinski definition) is 0. The fraction of sp³-hybridized carbons (Fsp3) is 0.500. The first-order chi connectivity index (χ1) is 9.65. The molecule has 0 amide bonds. The molecule has 0 fully saturated rings. The van der Waals surface area contributed by atoms with Gasteiger partial charge in [0.2, 0.25) is 0 Å². The van der Waals surface area contributed by atoms with E-state index in [-0.39, 0.29) is 0 Å². The normalized spacial score (nSPS) is 11.3. The smallest absolute Gasteiger partial charge is 0.335 e. The van der Waals surface area contributed by atoms with Crippen molar-refractivity contribution in [3.8, 4) is 5.75 Å². The van der Waals surface area contributed by atoms with Gasteiger partial charge in [0.1, 0.15) is 5.75 Å². The third-order valence-electron chi connectivity index (χ3n) is 3.07. The first-order valence-corrected chi connectivity index (χ1v) is 9.79. The lowest BCUT2D eigenvalue weighted by atomic mass is 10.2. The molecule has 0 saturated heterocycles. The zero-order chi connectivity index (χ0) is 14.8. The van der Waals surface area contributed by atoms with Crippen LogP contribution in [0.1, 0.15) is 25.8 Å². The monoisotopic (exact) mass is 294 g/mol. The van der Waals surface area contributed by atoms with Gasteiger partial charge < -0.3 is 13.6 Å². The van der Waals surface area contributed by atoms with Crippen molar-refractivity contribution in [1.82, 2.24) is 0 Å². The largest absolute Gasteiger partial charge is 0.493 e. The van der Waals surface area contributed by atoms with Gasteiger partial charge in [0, 0.05) is 18.8 Å². The molecule has 1 rings (SSSR count). The zero-order valence-corrected chi connectivity index (χ0v) is 13.9. The Kier molecular flexibility index (Phi) is 7.58. The highest BCUT2D eigenvalue weighted by molar-refractivity contribution is 6.66. The van der Waals surface area contributed by atoms with Crippen molar-refractivity contribution < 1.29 is 13.6 Å². The van der Waals surface area contributed by atoms with Crippen LogP contribution in [0.2, 0.25) is 12.6 Å². The Morgan fingerprint density at radius 3 is 2.40 bits per heavy atom. The molecule has 0 spiro atoms. The maximum absolute atomic E-state index is 5.82. The molecule has 4 heteroatoms. The van der Waals surface area contributed by atoms with Crippen LogP contribution in [0.25, 0.3) is 6.08 Å². The summed E-state index contributed by atoms with van der Waals surface area (Å²) >= 11 is 0. The Morgan fingerprint density at radius 1 is 1.15 bits per heavy atom. The molecule has 0 heterocycles. The molecule has 0 N–H and O–H groups in total. The minimum Gasteiger partial charge on any atom is -0.493 e. The molecule has 0 bridgehead atoms. The highest BCUT2D eigenvalue weighted by Crippen LogP contribution is 2.20. The summed E-state index contributed by atoms with van der Waals surface area (Å²) in [5.41, 5.74) is 1.03. The summed E-state index contributed by atoms with van der Waals surface area (Å²) < 4.78 is 17.4. The third kappa shape index (κ3) is 5.49. The van der Waals surface area contributed by atoms with Crippen molar-refractivity contribution in [2.45, 2.75) is 32.9 Å². The van der Waals surface area contributed by atoms with Gasteiger partial charge in [0.05, 0.1) is 6.61 Å². The molecule has 1 aromatic rings. The Balaban J connectivity index is 2.41. The second-order valence-corrected chi connectivity index (χ2v) is 8.04. The molecule has 0 saturated carbocycles. The van der Waals surface area contributed by atoms with E-state index in [2.05, 4.69) is 13.1 Å². The summed E-state index contributed by atoms with van der Waals surface area (Å²) in [6.45, 7) is 12.0. The molecule has 0 aliphatic heterocycles. The molecule has 1 aromatic carbocycles. The van der Waals surface area contributed by atoms with Crippen LogP contribution in [0, 0.1) is 0 Å². The van der Waals surface area contributed by atoms with E-state index in [1.807, 2.05) is 44.2 Å². The van der Waals surface area contributed by atoms with Gasteiger partial charge in [-0.2, -0.15) is 0 Å². The third-order valence-corrected chi connectivity index (χ3v) is 6.13. The predicted molar refractivity (Wildman–Crippen MR) is 86.3 cm³/mol. The number of para-hydroxylation sites is 1. The minimum absolute atomic E-state index is 0.674. The lowest BCUT2D eigenvalue weighted by molar-refractivity contribution is 0.185. The van der Waals surface area contributed by atoms with E-state index in [0.717, 1.165) is 23.8 Å². The molecule has 0 radical (unpaired) electrons. The quantitative estimate of drug-likeness (QED) is 0.477. The predicted octanol–water partition coefficient (Wildman–Crippen LogP) is 4.24. The van der Waals surface area contributed by atoms with Crippen molar-refractivity contribution in [2.75, 3.05) is 19.8 Å². The topological polar surface area (TPSA) is 27.7 Å². The molecular formula is C16H26O3Si. The van der Waals surface area contributed by atoms with Crippen molar-refractivity contribution in [2.24, 2.45) is 0 Å². The van der Waals surface area contributed by atoms with E-state index in [1.165, 1.54) is 0 Å². The maximum atomic E-state index is 5.82. The molecule has 112 valence electrons. The minimum atomic E-state index is -2.01. The summed E-state index contributed by atoms with van der Waals surface area (Å²) in [6.07, 6.45) is 2.75. The van der Waals surface area contributed by atoms with Crippen molar-refractivity contribution >= 4 is 14.6 Å². The number of benzene rings is 1. The molecule has 0 atom stereocenters. The summed E-state index contributed by atoms with van der Waals surface area (Å²) in [5, 5.41) is 0. The van der Waals surface area contributed by atoms with Gasteiger partial charge in [-0.05, 0) is 38.9 Å². The molecule has 20 heavy (non-hydrogen) atoms. The van der Waals surface area contributed by atoms with E-state index in [1.54, 1.807) is 0 Å². The Hall–Kier alpha value is -1.10. The number of hydrogen-bond acceptors (Lipinski definition) is 3. The van der Waals surface area contributed by atoms with Crippen LogP contribution < -0.4 is 4.74 Å². The molecule has 3 nitrogen and oxygen atoms in total. The maximum Gasteiger partial charge on any atom is 0.335 e. The van der Waals surface area contributed by atoms with Crippen LogP contribution in [-0.2, 0) is 8.85 Å². The average molecular weight is 294 g/mol. The van der Waals surface area contributed by atoms with Gasteiger partial charge in [-0.25, -0.2) is 0 Å². The fourth-order valence-electron chi connectivity index (χ4n) is 2.15. The molecular weight excluding hydrogens is 268 g/mol. The van der Waals surface area contributed by atoms with Gasteiger partial charge in [-0.1, -0.05) is 30.9 Å². The summed E-state index contributed by atoms with van der Waals surface area (Å²) in [4.78, 5) is 0. The zero-order valence-electron chi connectivity index (χ0n) is 12.9. The van der Waals surface area contributed by atoms with Crippen molar-refractivity contribution in [3.05, 3.63) is 36.4 Å². The van der Waals surface area contributed by atoms with Crippen LogP contribution in [0.5, 0.6) is 5.75 Å². The first-order valence-electron chi connectivity index (χ1n) is 7.27. The highest BCUT2D eigenvalue weighted by Gasteiger charge is 2.29. The van der Waals surface area contributed by atoms with Crippen LogP contribution in [-0.4, -0.2) is 28.4 Å². The second-order valence-electron chi connectivity index (χ2n) is 4.69. The van der Waals surface area contributed by atoms with Gasteiger partial charge >= 0.3 is 8.56 Å². The Labute approximate surface area is 123 Å². The molecule has 0 aliphatic rings. The Bertz CT molecular complexity index is 400. The lowest BCUT2D eigenvalue weighted by Gasteiger charge is -2.25. The van der Waals surface area contributed by atoms with Crippen LogP contribution in [0.3, 0.4) is 0 Å². The summed E-state index contributed by atoms with van der Waals surface area (Å²) in [5.74, 6) is 0.888. The van der Waals surface area contributed by atoms with E-state index in [0.29, 0.717) is 19.8 Å². The number of rotatable bonds is 10. The highest BCUT2D eigenvalue weighted by atomic mass is 28.4. The fourth-order valence-corrected chi connectivity index (χ4v) is 4.53. The molecule has 0 aromatic heterocycles. The van der Waals surface area contributed by atoms with E-state index in [9.17, 15) is 0 Å². The van der Waals surface area contributed by atoms with E-state index < -0.39 is 8.56 Å².